The predicted molar refractivity (Wildman–Crippen MR) is 95.5 cm³/mol. The Bertz CT molecular complexity index is 867. The average Bonchev–Trinajstić information content (AvgIpc) is 2.62. The number of carbonyl (C=O) groups is 2. The topological polar surface area (TPSA) is 123 Å². The normalized spacial score (nSPS) is 10.4. The second kappa shape index (κ2) is 8.58. The first kappa shape index (κ1) is 18.9. The van der Waals surface area contributed by atoms with Gasteiger partial charge in [0.05, 0.1) is 23.9 Å². The summed E-state index contributed by atoms with van der Waals surface area (Å²) in [4.78, 5) is 33.7. The second-order valence-corrected chi connectivity index (χ2v) is 5.28. The summed E-state index contributed by atoms with van der Waals surface area (Å²) in [5.41, 5.74) is 2.73. The van der Waals surface area contributed by atoms with Crippen molar-refractivity contribution < 1.29 is 19.2 Å². The fraction of sp³-hybridized carbons (Fsp3) is 0.0625. The van der Waals surface area contributed by atoms with Crippen molar-refractivity contribution in [3.8, 4) is 5.75 Å². The summed E-state index contributed by atoms with van der Waals surface area (Å²) < 4.78 is 5.06. The van der Waals surface area contributed by atoms with E-state index in [0.717, 1.165) is 0 Å². The van der Waals surface area contributed by atoms with E-state index in [1.807, 2.05) is 0 Å². The minimum atomic E-state index is -1.01. The number of amides is 2. The minimum absolute atomic E-state index is 0.0685. The molecule has 0 bridgehead atoms. The largest absolute Gasteiger partial charge is 0.495 e. The molecule has 10 heteroatoms. The number of halogens is 1. The Balaban J connectivity index is 1.96. The number of nitrogens with one attached hydrogen (secondary N) is 2. The first-order chi connectivity index (χ1) is 12.4. The zero-order valence-corrected chi connectivity index (χ0v) is 14.2. The molecule has 0 aliphatic carbocycles. The molecule has 0 aliphatic rings. The highest BCUT2D eigenvalue weighted by molar-refractivity contribution is 6.40. The van der Waals surface area contributed by atoms with Gasteiger partial charge in [0.1, 0.15) is 5.75 Å². The van der Waals surface area contributed by atoms with E-state index in [1.165, 1.54) is 43.7 Å². The highest BCUT2D eigenvalue weighted by Crippen LogP contribution is 2.27. The van der Waals surface area contributed by atoms with Crippen molar-refractivity contribution in [2.24, 2.45) is 5.10 Å². The molecule has 0 saturated carbocycles. The number of ether oxygens (including phenoxy) is 1. The van der Waals surface area contributed by atoms with E-state index in [0.29, 0.717) is 16.3 Å². The van der Waals surface area contributed by atoms with Crippen LogP contribution in [0.3, 0.4) is 0 Å². The third kappa shape index (κ3) is 5.02. The van der Waals surface area contributed by atoms with Crippen molar-refractivity contribution in [2.75, 3.05) is 12.4 Å². The summed E-state index contributed by atoms with van der Waals surface area (Å²) in [5, 5.41) is 16.9. The van der Waals surface area contributed by atoms with E-state index in [9.17, 15) is 19.7 Å². The van der Waals surface area contributed by atoms with E-state index in [-0.39, 0.29) is 11.4 Å². The van der Waals surface area contributed by atoms with Crippen molar-refractivity contribution >= 4 is 41.0 Å². The van der Waals surface area contributed by atoms with Crippen LogP contribution >= 0.6 is 11.6 Å². The van der Waals surface area contributed by atoms with Gasteiger partial charge in [-0.25, -0.2) is 5.43 Å². The Morgan fingerprint density at radius 2 is 1.88 bits per heavy atom. The molecular formula is C16H13ClN4O5. The molecule has 0 radical (unpaired) electrons. The molecule has 2 amide bonds. The van der Waals surface area contributed by atoms with E-state index < -0.39 is 16.7 Å². The van der Waals surface area contributed by atoms with E-state index >= 15 is 0 Å². The van der Waals surface area contributed by atoms with Crippen LogP contribution < -0.4 is 15.5 Å². The Morgan fingerprint density at radius 1 is 1.19 bits per heavy atom. The molecule has 134 valence electrons. The summed E-state index contributed by atoms with van der Waals surface area (Å²) in [7, 11) is 1.41. The molecule has 26 heavy (non-hydrogen) atoms. The van der Waals surface area contributed by atoms with Crippen LogP contribution in [-0.2, 0) is 9.59 Å². The Morgan fingerprint density at radius 3 is 2.50 bits per heavy atom. The molecule has 0 saturated heterocycles. The molecule has 2 N–H and O–H groups in total. The predicted octanol–water partition coefficient (Wildman–Crippen LogP) is 2.35. The minimum Gasteiger partial charge on any atom is -0.495 e. The summed E-state index contributed by atoms with van der Waals surface area (Å²) in [6.07, 6.45) is 1.24. The number of hydrogen-bond acceptors (Lipinski definition) is 6. The zero-order valence-electron chi connectivity index (χ0n) is 13.4. The molecule has 9 nitrogen and oxygen atoms in total. The van der Waals surface area contributed by atoms with Crippen LogP contribution in [0.4, 0.5) is 11.4 Å². The number of hydrogen-bond donors (Lipinski definition) is 2. The Labute approximate surface area is 152 Å². The third-order valence-corrected chi connectivity index (χ3v) is 3.33. The maximum absolute atomic E-state index is 11.9. The second-order valence-electron chi connectivity index (χ2n) is 4.85. The number of rotatable bonds is 5. The number of nitrogens with zero attached hydrogens (tertiary/aromatic N) is 2. The van der Waals surface area contributed by atoms with Gasteiger partial charge in [-0.1, -0.05) is 11.6 Å². The monoisotopic (exact) mass is 376 g/mol. The van der Waals surface area contributed by atoms with E-state index in [2.05, 4.69) is 15.8 Å². The van der Waals surface area contributed by atoms with Gasteiger partial charge in [0.25, 0.3) is 5.69 Å². The molecular weight excluding hydrogens is 364 g/mol. The van der Waals surface area contributed by atoms with Crippen molar-refractivity contribution in [2.45, 2.75) is 0 Å². The van der Waals surface area contributed by atoms with Crippen molar-refractivity contribution in [1.82, 2.24) is 5.43 Å². The molecule has 0 fully saturated rings. The lowest BCUT2D eigenvalue weighted by molar-refractivity contribution is -0.384. The maximum atomic E-state index is 11.9. The van der Waals surface area contributed by atoms with Gasteiger partial charge in [-0.05, 0) is 35.9 Å². The van der Waals surface area contributed by atoms with Gasteiger partial charge in [-0.15, -0.1) is 0 Å². The fourth-order valence-corrected chi connectivity index (χ4v) is 2.03. The highest BCUT2D eigenvalue weighted by atomic mass is 35.5. The SMILES string of the molecule is COc1ccc(Cl)cc1NC(=O)C(=O)N/N=C\c1ccc([N+](=O)[O-])cc1. The molecule has 0 heterocycles. The first-order valence-electron chi connectivity index (χ1n) is 7.13. The van der Waals surface area contributed by atoms with Gasteiger partial charge < -0.3 is 10.1 Å². The Kier molecular flexibility index (Phi) is 6.23. The fourth-order valence-electron chi connectivity index (χ4n) is 1.86. The van der Waals surface area contributed by atoms with Crippen molar-refractivity contribution in [1.29, 1.82) is 0 Å². The molecule has 0 atom stereocenters. The smallest absolute Gasteiger partial charge is 0.329 e. The van der Waals surface area contributed by atoms with Crippen LogP contribution in [0.5, 0.6) is 5.75 Å². The van der Waals surface area contributed by atoms with Gasteiger partial charge in [0.2, 0.25) is 0 Å². The van der Waals surface area contributed by atoms with Gasteiger partial charge in [-0.3, -0.25) is 19.7 Å². The van der Waals surface area contributed by atoms with Gasteiger partial charge in [0.15, 0.2) is 0 Å². The molecule has 2 rings (SSSR count). The summed E-state index contributed by atoms with van der Waals surface area (Å²) in [6, 6.07) is 10.0. The maximum Gasteiger partial charge on any atom is 0.329 e. The molecule has 0 aromatic heterocycles. The summed E-state index contributed by atoms with van der Waals surface area (Å²) in [5.74, 6) is -1.64. The molecule has 0 aliphatic heterocycles. The van der Waals surface area contributed by atoms with Crippen molar-refractivity contribution in [3.63, 3.8) is 0 Å². The van der Waals surface area contributed by atoms with E-state index in [1.54, 1.807) is 12.1 Å². The Hall–Kier alpha value is -3.46. The van der Waals surface area contributed by atoms with Crippen LogP contribution in [0.2, 0.25) is 5.02 Å². The van der Waals surface area contributed by atoms with Gasteiger partial charge >= 0.3 is 11.8 Å². The molecule has 2 aromatic rings. The lowest BCUT2D eigenvalue weighted by atomic mass is 10.2. The lowest BCUT2D eigenvalue weighted by Gasteiger charge is -2.09. The lowest BCUT2D eigenvalue weighted by Crippen LogP contribution is -2.32. The number of nitro groups is 1. The summed E-state index contributed by atoms with van der Waals surface area (Å²) in [6.45, 7) is 0. The number of nitro benzene ring substituents is 1. The molecule has 2 aromatic carbocycles. The molecule has 0 unspecified atom stereocenters. The number of anilines is 1. The third-order valence-electron chi connectivity index (χ3n) is 3.10. The van der Waals surface area contributed by atoms with Gasteiger partial charge in [-0.2, -0.15) is 5.10 Å². The number of hydrazone groups is 1. The van der Waals surface area contributed by atoms with Crippen LogP contribution in [0.1, 0.15) is 5.56 Å². The highest BCUT2D eigenvalue weighted by Gasteiger charge is 2.15. The zero-order chi connectivity index (χ0) is 19.1. The van der Waals surface area contributed by atoms with Crippen molar-refractivity contribution in [3.05, 3.63) is 63.2 Å². The van der Waals surface area contributed by atoms with Crippen LogP contribution in [0.25, 0.3) is 0 Å². The number of non-ortho nitro benzene ring substituents is 1. The van der Waals surface area contributed by atoms with Crippen LogP contribution in [0.15, 0.2) is 47.6 Å². The van der Waals surface area contributed by atoms with Crippen LogP contribution in [0, 0.1) is 10.1 Å². The quantitative estimate of drug-likeness (QED) is 0.359. The van der Waals surface area contributed by atoms with Crippen LogP contribution in [-0.4, -0.2) is 30.1 Å². The average molecular weight is 377 g/mol. The standard InChI is InChI=1S/C16H13ClN4O5/c1-26-14-7-4-11(17)8-13(14)19-15(22)16(23)20-18-9-10-2-5-12(6-3-10)21(24)25/h2-9H,1H3,(H,19,22)(H,20,23)/b18-9-. The molecule has 0 spiro atoms. The number of carbonyl (C=O) groups excluding carboxylic acids is 2. The van der Waals surface area contributed by atoms with E-state index in [4.69, 9.17) is 16.3 Å². The van der Waals surface area contributed by atoms with Gasteiger partial charge in [0, 0.05) is 17.2 Å². The number of methoxy groups -OCH3 is 1. The summed E-state index contributed by atoms with van der Waals surface area (Å²) >= 11 is 5.85. The number of benzene rings is 2. The first-order valence-corrected chi connectivity index (χ1v) is 7.51.